The molecular formula is C12H12ClN3O6S. The third-order valence-corrected chi connectivity index (χ3v) is 4.62. The average Bonchev–Trinajstić information content (AvgIpc) is 2.40. The number of sulfonamides is 1. The Labute approximate surface area is 134 Å². The SMILES string of the molecule is Cc1c(Cl)cc2[nH]c(=O)c(=O)[nH]c2c1N(CC(=O)O)S(C)(=O)=O. The number of rotatable bonds is 4. The minimum absolute atomic E-state index is 0.0248. The molecule has 0 saturated heterocycles. The van der Waals surface area contributed by atoms with Crippen molar-refractivity contribution in [3.63, 3.8) is 0 Å². The Balaban J connectivity index is 2.98. The maximum atomic E-state index is 12.0. The van der Waals surface area contributed by atoms with Crippen molar-refractivity contribution >= 4 is 44.3 Å². The van der Waals surface area contributed by atoms with E-state index in [1.165, 1.54) is 13.0 Å². The van der Waals surface area contributed by atoms with E-state index in [-0.39, 0.29) is 27.3 Å². The highest BCUT2D eigenvalue weighted by molar-refractivity contribution is 7.92. The van der Waals surface area contributed by atoms with Crippen molar-refractivity contribution in [1.29, 1.82) is 0 Å². The quantitative estimate of drug-likeness (QED) is 0.656. The molecule has 0 bridgehead atoms. The fourth-order valence-corrected chi connectivity index (χ4v) is 3.21. The molecule has 23 heavy (non-hydrogen) atoms. The Bertz CT molecular complexity index is 1020. The maximum absolute atomic E-state index is 12.0. The molecule has 0 spiro atoms. The molecular weight excluding hydrogens is 350 g/mol. The molecule has 0 saturated carbocycles. The zero-order chi connectivity index (χ0) is 17.5. The minimum atomic E-state index is -3.99. The van der Waals surface area contributed by atoms with Gasteiger partial charge in [-0.3, -0.25) is 18.7 Å². The summed E-state index contributed by atoms with van der Waals surface area (Å²) in [6.07, 6.45) is 0.825. The number of hydrogen-bond acceptors (Lipinski definition) is 5. The second-order valence-corrected chi connectivity index (χ2v) is 7.14. The number of H-pyrrole nitrogens is 2. The number of carboxylic acids is 1. The summed E-state index contributed by atoms with van der Waals surface area (Å²) in [7, 11) is -3.99. The lowest BCUT2D eigenvalue weighted by Gasteiger charge is -2.24. The predicted molar refractivity (Wildman–Crippen MR) is 84.8 cm³/mol. The topological polar surface area (TPSA) is 140 Å². The molecule has 0 aliphatic carbocycles. The molecule has 1 aromatic carbocycles. The Hall–Kier alpha value is -2.33. The van der Waals surface area contributed by atoms with Crippen LogP contribution in [0, 0.1) is 6.92 Å². The largest absolute Gasteiger partial charge is 0.480 e. The highest BCUT2D eigenvalue weighted by atomic mass is 35.5. The van der Waals surface area contributed by atoms with Crippen LogP contribution in [0.5, 0.6) is 0 Å². The lowest BCUT2D eigenvalue weighted by atomic mass is 10.1. The van der Waals surface area contributed by atoms with Gasteiger partial charge in [0.05, 0.1) is 23.0 Å². The lowest BCUT2D eigenvalue weighted by Crippen LogP contribution is -2.36. The first kappa shape index (κ1) is 17.0. The van der Waals surface area contributed by atoms with Gasteiger partial charge in [-0.05, 0) is 18.6 Å². The van der Waals surface area contributed by atoms with E-state index in [4.69, 9.17) is 16.7 Å². The summed E-state index contributed by atoms with van der Waals surface area (Å²) in [6, 6.07) is 1.34. The van der Waals surface area contributed by atoms with Crippen molar-refractivity contribution in [2.45, 2.75) is 6.92 Å². The number of aromatic nitrogens is 2. The summed E-state index contributed by atoms with van der Waals surface area (Å²) >= 11 is 6.03. The van der Waals surface area contributed by atoms with Crippen molar-refractivity contribution in [1.82, 2.24) is 9.97 Å². The monoisotopic (exact) mass is 361 g/mol. The molecule has 2 aromatic rings. The van der Waals surface area contributed by atoms with Gasteiger partial charge in [-0.15, -0.1) is 0 Å². The van der Waals surface area contributed by atoms with E-state index in [0.717, 1.165) is 6.26 Å². The van der Waals surface area contributed by atoms with Crippen LogP contribution in [0.25, 0.3) is 11.0 Å². The van der Waals surface area contributed by atoms with E-state index in [0.29, 0.717) is 4.31 Å². The van der Waals surface area contributed by atoms with Gasteiger partial charge in [-0.2, -0.15) is 0 Å². The van der Waals surface area contributed by atoms with Crippen molar-refractivity contribution < 1.29 is 18.3 Å². The zero-order valence-corrected chi connectivity index (χ0v) is 13.6. The minimum Gasteiger partial charge on any atom is -0.480 e. The van der Waals surface area contributed by atoms with Gasteiger partial charge >= 0.3 is 17.1 Å². The summed E-state index contributed by atoms with van der Waals surface area (Å²) in [5.41, 5.74) is -1.74. The molecule has 0 aliphatic rings. The molecule has 2 rings (SSSR count). The van der Waals surface area contributed by atoms with Crippen molar-refractivity contribution in [3.8, 4) is 0 Å². The highest BCUT2D eigenvalue weighted by Gasteiger charge is 2.26. The number of benzene rings is 1. The summed E-state index contributed by atoms with van der Waals surface area (Å²) in [5.74, 6) is -1.39. The molecule has 0 atom stereocenters. The predicted octanol–water partition coefficient (Wildman–Crippen LogP) is 0.0288. The first-order valence-electron chi connectivity index (χ1n) is 6.17. The van der Waals surface area contributed by atoms with E-state index in [2.05, 4.69) is 9.97 Å². The Morgan fingerprint density at radius 3 is 2.39 bits per heavy atom. The van der Waals surface area contributed by atoms with Gasteiger partial charge < -0.3 is 15.1 Å². The number of anilines is 1. The fourth-order valence-electron chi connectivity index (χ4n) is 2.11. The van der Waals surface area contributed by atoms with E-state index in [1.54, 1.807) is 0 Å². The molecule has 124 valence electrons. The Morgan fingerprint density at radius 1 is 1.30 bits per heavy atom. The average molecular weight is 362 g/mol. The number of hydrogen-bond donors (Lipinski definition) is 3. The molecule has 11 heteroatoms. The van der Waals surface area contributed by atoms with Gasteiger partial charge in [0.15, 0.2) is 0 Å². The number of carboxylic acid groups (broad SMARTS) is 1. The van der Waals surface area contributed by atoms with Crippen molar-refractivity contribution in [2.24, 2.45) is 0 Å². The summed E-state index contributed by atoms with van der Waals surface area (Å²) < 4.78 is 24.6. The molecule has 3 N–H and O–H groups in total. The van der Waals surface area contributed by atoms with Crippen LogP contribution in [0.2, 0.25) is 5.02 Å². The standard InChI is InChI=1S/C12H12ClN3O6S/c1-5-6(13)3-7-9(15-12(20)11(19)14-7)10(5)16(4-8(17)18)23(2,21)22/h3H,4H2,1-2H3,(H,14,19)(H,15,20)(H,17,18). The van der Waals surface area contributed by atoms with Gasteiger partial charge in [0.25, 0.3) is 0 Å². The van der Waals surface area contributed by atoms with Crippen LogP contribution in [0.15, 0.2) is 15.7 Å². The summed E-state index contributed by atoms with van der Waals surface area (Å²) in [4.78, 5) is 38.5. The number of aromatic amines is 2. The number of nitrogens with one attached hydrogen (secondary N) is 2. The van der Waals surface area contributed by atoms with Crippen LogP contribution in [-0.2, 0) is 14.8 Å². The smallest absolute Gasteiger partial charge is 0.324 e. The number of carbonyl (C=O) groups is 1. The number of nitrogens with zero attached hydrogens (tertiary/aromatic N) is 1. The van der Waals surface area contributed by atoms with Gasteiger partial charge in [0.2, 0.25) is 10.0 Å². The van der Waals surface area contributed by atoms with Gasteiger partial charge in [-0.1, -0.05) is 11.6 Å². The summed E-state index contributed by atoms with van der Waals surface area (Å²) in [6.45, 7) is 0.608. The number of aliphatic carboxylic acids is 1. The summed E-state index contributed by atoms with van der Waals surface area (Å²) in [5, 5.41) is 9.08. The van der Waals surface area contributed by atoms with Crippen LogP contribution >= 0.6 is 11.6 Å². The van der Waals surface area contributed by atoms with E-state index < -0.39 is 33.7 Å². The van der Waals surface area contributed by atoms with Crippen LogP contribution in [0.3, 0.4) is 0 Å². The fraction of sp³-hybridized carbons (Fsp3) is 0.250. The zero-order valence-electron chi connectivity index (χ0n) is 12.0. The molecule has 0 unspecified atom stereocenters. The van der Waals surface area contributed by atoms with Crippen LogP contribution in [0.1, 0.15) is 5.56 Å². The first-order valence-corrected chi connectivity index (χ1v) is 8.40. The van der Waals surface area contributed by atoms with Gasteiger partial charge in [0, 0.05) is 5.02 Å². The normalized spacial score (nSPS) is 11.6. The van der Waals surface area contributed by atoms with Crippen molar-refractivity contribution in [3.05, 3.63) is 37.4 Å². The lowest BCUT2D eigenvalue weighted by molar-refractivity contribution is -0.135. The molecule has 1 aromatic heterocycles. The number of fused-ring (bicyclic) bond motifs is 1. The van der Waals surface area contributed by atoms with E-state index in [9.17, 15) is 22.8 Å². The van der Waals surface area contributed by atoms with E-state index in [1.807, 2.05) is 0 Å². The Morgan fingerprint density at radius 2 is 1.87 bits per heavy atom. The first-order chi connectivity index (χ1) is 10.5. The highest BCUT2D eigenvalue weighted by Crippen LogP contribution is 2.34. The van der Waals surface area contributed by atoms with Crippen LogP contribution in [0.4, 0.5) is 5.69 Å². The van der Waals surface area contributed by atoms with Crippen LogP contribution in [-0.4, -0.2) is 42.3 Å². The second kappa shape index (κ2) is 5.70. The molecule has 0 amide bonds. The van der Waals surface area contributed by atoms with Crippen LogP contribution < -0.4 is 15.4 Å². The maximum Gasteiger partial charge on any atom is 0.324 e. The molecule has 0 aliphatic heterocycles. The van der Waals surface area contributed by atoms with Crippen molar-refractivity contribution in [2.75, 3.05) is 17.1 Å². The molecule has 1 heterocycles. The third-order valence-electron chi connectivity index (χ3n) is 3.11. The van der Waals surface area contributed by atoms with Gasteiger partial charge in [-0.25, -0.2) is 8.42 Å². The number of halogens is 1. The third kappa shape index (κ3) is 3.22. The second-order valence-electron chi connectivity index (χ2n) is 4.83. The Kier molecular flexibility index (Phi) is 4.22. The molecule has 0 radical (unpaired) electrons. The van der Waals surface area contributed by atoms with E-state index >= 15 is 0 Å². The molecule has 0 fully saturated rings. The van der Waals surface area contributed by atoms with Gasteiger partial charge in [0.1, 0.15) is 6.54 Å². The molecule has 9 nitrogen and oxygen atoms in total.